The molecule has 6 heteroatoms. The van der Waals surface area contributed by atoms with Crippen LogP contribution in [0.25, 0.3) is 0 Å². The first-order valence-electron chi connectivity index (χ1n) is 9.96. The summed E-state index contributed by atoms with van der Waals surface area (Å²) in [6.07, 6.45) is 1.68. The Kier molecular flexibility index (Phi) is 5.79. The number of carbonyl (C=O) groups excluding carboxylic acids is 1. The van der Waals surface area contributed by atoms with Crippen LogP contribution in [-0.2, 0) is 13.1 Å². The highest BCUT2D eigenvalue weighted by Gasteiger charge is 2.25. The van der Waals surface area contributed by atoms with Crippen molar-refractivity contribution >= 4 is 17.5 Å². The van der Waals surface area contributed by atoms with Crippen LogP contribution in [0.5, 0.6) is 0 Å². The standard InChI is InChI=1S/C23H26ClN3O2/c1-17-14-22(18(2)27(17)16-21-4-3-13-29-21)23(28)26-11-9-25(10-12-26)15-19-5-7-20(24)8-6-19/h3-8,13-14H,9-12,15-16H2,1-2H3. The van der Waals surface area contributed by atoms with Gasteiger partial charge in [-0.05, 0) is 49.7 Å². The number of halogens is 1. The fourth-order valence-electron chi connectivity index (χ4n) is 3.95. The molecule has 1 saturated heterocycles. The Labute approximate surface area is 176 Å². The lowest BCUT2D eigenvalue weighted by molar-refractivity contribution is 0.0627. The second-order valence-corrected chi connectivity index (χ2v) is 8.08. The second kappa shape index (κ2) is 8.47. The summed E-state index contributed by atoms with van der Waals surface area (Å²) in [6, 6.07) is 13.8. The summed E-state index contributed by atoms with van der Waals surface area (Å²) in [5.74, 6) is 1.01. The van der Waals surface area contributed by atoms with Gasteiger partial charge in [0.05, 0.1) is 18.4 Å². The molecule has 1 amide bonds. The van der Waals surface area contributed by atoms with Crippen molar-refractivity contribution in [3.05, 3.63) is 82.0 Å². The second-order valence-electron chi connectivity index (χ2n) is 7.65. The monoisotopic (exact) mass is 411 g/mol. The van der Waals surface area contributed by atoms with E-state index in [0.717, 1.165) is 60.5 Å². The van der Waals surface area contributed by atoms with Crippen LogP contribution in [0.2, 0.25) is 5.02 Å². The van der Waals surface area contributed by atoms with E-state index in [9.17, 15) is 4.79 Å². The maximum atomic E-state index is 13.1. The van der Waals surface area contributed by atoms with E-state index in [1.54, 1.807) is 6.26 Å². The van der Waals surface area contributed by atoms with Crippen LogP contribution in [0.15, 0.2) is 53.1 Å². The molecular formula is C23H26ClN3O2. The zero-order chi connectivity index (χ0) is 20.4. The van der Waals surface area contributed by atoms with Crippen molar-refractivity contribution in [2.24, 2.45) is 0 Å². The Balaban J connectivity index is 1.39. The SMILES string of the molecule is Cc1cc(C(=O)N2CCN(Cc3ccc(Cl)cc3)CC2)c(C)n1Cc1ccco1. The smallest absolute Gasteiger partial charge is 0.255 e. The van der Waals surface area contributed by atoms with E-state index in [1.165, 1.54) is 5.56 Å². The van der Waals surface area contributed by atoms with Crippen LogP contribution < -0.4 is 0 Å². The number of aromatic nitrogens is 1. The molecule has 2 aromatic heterocycles. The molecule has 1 fully saturated rings. The van der Waals surface area contributed by atoms with Crippen LogP contribution in [0, 0.1) is 13.8 Å². The Hall–Kier alpha value is -2.50. The van der Waals surface area contributed by atoms with Gasteiger partial charge in [-0.15, -0.1) is 0 Å². The topological polar surface area (TPSA) is 41.6 Å². The normalized spacial score (nSPS) is 15.1. The number of hydrogen-bond acceptors (Lipinski definition) is 3. The van der Waals surface area contributed by atoms with E-state index in [0.29, 0.717) is 6.54 Å². The lowest BCUT2D eigenvalue weighted by atomic mass is 10.1. The number of furan rings is 1. The molecule has 0 N–H and O–H groups in total. The molecule has 0 unspecified atom stereocenters. The molecule has 1 aliphatic heterocycles. The molecule has 152 valence electrons. The summed E-state index contributed by atoms with van der Waals surface area (Å²) >= 11 is 5.97. The van der Waals surface area contributed by atoms with E-state index < -0.39 is 0 Å². The average molecular weight is 412 g/mol. The van der Waals surface area contributed by atoms with Crippen molar-refractivity contribution in [3.63, 3.8) is 0 Å². The van der Waals surface area contributed by atoms with Gasteiger partial charge in [0.1, 0.15) is 5.76 Å². The van der Waals surface area contributed by atoms with Gasteiger partial charge in [-0.2, -0.15) is 0 Å². The van der Waals surface area contributed by atoms with Crippen molar-refractivity contribution in [2.75, 3.05) is 26.2 Å². The average Bonchev–Trinajstić information content (AvgIpc) is 3.34. The molecular weight excluding hydrogens is 386 g/mol. The Morgan fingerprint density at radius 1 is 1.03 bits per heavy atom. The minimum atomic E-state index is 0.120. The summed E-state index contributed by atoms with van der Waals surface area (Å²) in [7, 11) is 0. The minimum Gasteiger partial charge on any atom is -0.467 e. The number of piperazine rings is 1. The molecule has 0 spiro atoms. The van der Waals surface area contributed by atoms with E-state index in [4.69, 9.17) is 16.0 Å². The first-order valence-corrected chi connectivity index (χ1v) is 10.3. The van der Waals surface area contributed by atoms with E-state index in [2.05, 4.69) is 21.6 Å². The van der Waals surface area contributed by atoms with Gasteiger partial charge in [-0.1, -0.05) is 23.7 Å². The van der Waals surface area contributed by atoms with Crippen LogP contribution in [-0.4, -0.2) is 46.5 Å². The molecule has 0 radical (unpaired) electrons. The molecule has 0 aliphatic carbocycles. The zero-order valence-corrected chi connectivity index (χ0v) is 17.7. The first-order chi connectivity index (χ1) is 14.0. The maximum absolute atomic E-state index is 13.1. The van der Waals surface area contributed by atoms with Gasteiger partial charge in [0.2, 0.25) is 0 Å². The van der Waals surface area contributed by atoms with Gasteiger partial charge in [-0.25, -0.2) is 0 Å². The lowest BCUT2D eigenvalue weighted by Gasteiger charge is -2.34. The molecule has 0 saturated carbocycles. The summed E-state index contributed by atoms with van der Waals surface area (Å²) in [4.78, 5) is 17.5. The summed E-state index contributed by atoms with van der Waals surface area (Å²) in [5, 5.41) is 0.758. The molecule has 3 aromatic rings. The van der Waals surface area contributed by atoms with Gasteiger partial charge in [0.25, 0.3) is 5.91 Å². The number of aryl methyl sites for hydroxylation is 1. The van der Waals surface area contributed by atoms with Gasteiger partial charge in [0.15, 0.2) is 0 Å². The lowest BCUT2D eigenvalue weighted by Crippen LogP contribution is -2.48. The third kappa shape index (κ3) is 4.41. The van der Waals surface area contributed by atoms with Crippen molar-refractivity contribution in [1.29, 1.82) is 0 Å². The maximum Gasteiger partial charge on any atom is 0.255 e. The largest absolute Gasteiger partial charge is 0.467 e. The van der Waals surface area contributed by atoms with Crippen molar-refractivity contribution in [3.8, 4) is 0 Å². The minimum absolute atomic E-state index is 0.120. The quantitative estimate of drug-likeness (QED) is 0.626. The van der Waals surface area contributed by atoms with Gasteiger partial charge >= 0.3 is 0 Å². The Bertz CT molecular complexity index is 968. The molecule has 3 heterocycles. The molecule has 4 rings (SSSR count). The number of hydrogen-bond donors (Lipinski definition) is 0. The number of nitrogens with zero attached hydrogens (tertiary/aromatic N) is 3. The highest BCUT2D eigenvalue weighted by atomic mass is 35.5. The zero-order valence-electron chi connectivity index (χ0n) is 16.9. The number of rotatable bonds is 5. The first kappa shape index (κ1) is 19.8. The number of amides is 1. The van der Waals surface area contributed by atoms with Crippen LogP contribution in [0.3, 0.4) is 0 Å². The number of carbonyl (C=O) groups is 1. The van der Waals surface area contributed by atoms with Crippen LogP contribution in [0.1, 0.15) is 33.1 Å². The summed E-state index contributed by atoms with van der Waals surface area (Å²) in [5.41, 5.74) is 4.10. The highest BCUT2D eigenvalue weighted by Crippen LogP contribution is 2.20. The van der Waals surface area contributed by atoms with Crippen molar-refractivity contribution < 1.29 is 9.21 Å². The van der Waals surface area contributed by atoms with Crippen molar-refractivity contribution in [1.82, 2.24) is 14.4 Å². The van der Waals surface area contributed by atoms with E-state index >= 15 is 0 Å². The van der Waals surface area contributed by atoms with Crippen LogP contribution >= 0.6 is 11.6 Å². The Morgan fingerprint density at radius 3 is 2.41 bits per heavy atom. The predicted octanol–water partition coefficient (Wildman–Crippen LogP) is 4.36. The summed E-state index contributed by atoms with van der Waals surface area (Å²) < 4.78 is 7.61. The molecule has 1 aromatic carbocycles. The van der Waals surface area contributed by atoms with Crippen molar-refractivity contribution in [2.45, 2.75) is 26.9 Å². The number of benzene rings is 1. The molecule has 1 aliphatic rings. The molecule has 5 nitrogen and oxygen atoms in total. The van der Waals surface area contributed by atoms with Crippen LogP contribution in [0.4, 0.5) is 0 Å². The Morgan fingerprint density at radius 2 is 1.76 bits per heavy atom. The van der Waals surface area contributed by atoms with Gasteiger partial charge in [0, 0.05) is 49.1 Å². The molecule has 0 atom stereocenters. The van der Waals surface area contributed by atoms with Gasteiger partial charge < -0.3 is 13.9 Å². The third-order valence-corrected chi connectivity index (χ3v) is 5.93. The molecule has 0 bridgehead atoms. The van der Waals surface area contributed by atoms with E-state index in [1.807, 2.05) is 49.1 Å². The highest BCUT2D eigenvalue weighted by molar-refractivity contribution is 6.30. The van der Waals surface area contributed by atoms with E-state index in [-0.39, 0.29) is 5.91 Å². The third-order valence-electron chi connectivity index (χ3n) is 5.68. The summed E-state index contributed by atoms with van der Waals surface area (Å²) in [6.45, 7) is 8.82. The molecule has 29 heavy (non-hydrogen) atoms. The fourth-order valence-corrected chi connectivity index (χ4v) is 4.07. The predicted molar refractivity (Wildman–Crippen MR) is 114 cm³/mol. The van der Waals surface area contributed by atoms with Gasteiger partial charge in [-0.3, -0.25) is 9.69 Å². The fraction of sp³-hybridized carbons (Fsp3) is 0.348.